The van der Waals surface area contributed by atoms with Crippen molar-refractivity contribution in [2.75, 3.05) is 6.61 Å². The highest BCUT2D eigenvalue weighted by Crippen LogP contribution is 2.33. The topological polar surface area (TPSA) is 52.1 Å². The highest BCUT2D eigenvalue weighted by molar-refractivity contribution is 7.22. The molecule has 20 heavy (non-hydrogen) atoms. The van der Waals surface area contributed by atoms with Crippen molar-refractivity contribution in [2.24, 2.45) is 0 Å². The van der Waals surface area contributed by atoms with E-state index in [1.807, 2.05) is 13.8 Å². The molecular formula is C14H18N2O2S2. The second-order valence-electron chi connectivity index (χ2n) is 4.24. The molecule has 0 amide bonds. The van der Waals surface area contributed by atoms with Crippen molar-refractivity contribution in [3.05, 3.63) is 21.1 Å². The van der Waals surface area contributed by atoms with Gasteiger partial charge in [-0.2, -0.15) is 0 Å². The molecule has 0 fully saturated rings. The molecule has 2 aromatic rings. The van der Waals surface area contributed by atoms with Gasteiger partial charge in [-0.05, 0) is 26.7 Å². The maximum atomic E-state index is 11.9. The maximum Gasteiger partial charge on any atom is 0.350 e. The molecule has 2 aromatic heterocycles. The van der Waals surface area contributed by atoms with Gasteiger partial charge in [0.1, 0.15) is 4.88 Å². The minimum Gasteiger partial charge on any atom is -0.462 e. The van der Waals surface area contributed by atoms with E-state index in [1.165, 1.54) is 16.2 Å². The molecule has 4 nitrogen and oxygen atoms in total. The zero-order chi connectivity index (χ0) is 14.7. The van der Waals surface area contributed by atoms with Crippen LogP contribution in [0.5, 0.6) is 0 Å². The van der Waals surface area contributed by atoms with Crippen LogP contribution >= 0.6 is 22.7 Å². The standard InChI is InChI=1S/C14H18N2O2S2/c1-5-9-8(4)19-12(15-9)13-16-10(6-2)11(20-13)14(17)18-7-3/h5-7H2,1-4H3. The average Bonchev–Trinajstić information content (AvgIpc) is 3.02. The lowest BCUT2D eigenvalue weighted by molar-refractivity contribution is 0.0530. The van der Waals surface area contributed by atoms with E-state index in [9.17, 15) is 4.79 Å². The summed E-state index contributed by atoms with van der Waals surface area (Å²) in [6.45, 7) is 8.34. The van der Waals surface area contributed by atoms with E-state index >= 15 is 0 Å². The molecule has 0 aromatic carbocycles. The Morgan fingerprint density at radius 1 is 1.05 bits per heavy atom. The Bertz CT molecular complexity index is 617. The van der Waals surface area contributed by atoms with Gasteiger partial charge in [0, 0.05) is 4.88 Å². The van der Waals surface area contributed by atoms with Crippen molar-refractivity contribution in [3.63, 3.8) is 0 Å². The van der Waals surface area contributed by atoms with Crippen molar-refractivity contribution in [1.82, 2.24) is 9.97 Å². The lowest BCUT2D eigenvalue weighted by atomic mass is 10.3. The molecule has 0 saturated carbocycles. The molecule has 0 radical (unpaired) electrons. The Morgan fingerprint density at radius 2 is 1.65 bits per heavy atom. The first-order valence-electron chi connectivity index (χ1n) is 6.74. The number of carbonyl (C=O) groups excluding carboxylic acids is 1. The summed E-state index contributed by atoms with van der Waals surface area (Å²) in [6, 6.07) is 0. The van der Waals surface area contributed by atoms with Gasteiger partial charge in [-0.25, -0.2) is 14.8 Å². The third kappa shape index (κ3) is 2.91. The summed E-state index contributed by atoms with van der Waals surface area (Å²) in [6.07, 6.45) is 1.63. The molecule has 108 valence electrons. The number of aryl methyl sites for hydroxylation is 3. The monoisotopic (exact) mass is 310 g/mol. The number of carbonyl (C=O) groups is 1. The summed E-state index contributed by atoms with van der Waals surface area (Å²) in [5.41, 5.74) is 1.91. The zero-order valence-corrected chi connectivity index (χ0v) is 13.8. The van der Waals surface area contributed by atoms with E-state index in [0.717, 1.165) is 34.2 Å². The van der Waals surface area contributed by atoms with Crippen LogP contribution in [0.4, 0.5) is 0 Å². The van der Waals surface area contributed by atoms with Crippen LogP contribution in [0, 0.1) is 6.92 Å². The summed E-state index contributed by atoms with van der Waals surface area (Å²) >= 11 is 3.01. The Kier molecular flexibility index (Phi) is 4.88. The van der Waals surface area contributed by atoms with Crippen molar-refractivity contribution in [3.8, 4) is 10.0 Å². The second-order valence-corrected chi connectivity index (χ2v) is 6.45. The van der Waals surface area contributed by atoms with Gasteiger partial charge >= 0.3 is 5.97 Å². The summed E-state index contributed by atoms with van der Waals surface area (Å²) in [5.74, 6) is -0.280. The highest BCUT2D eigenvalue weighted by Gasteiger charge is 2.20. The Morgan fingerprint density at radius 3 is 2.20 bits per heavy atom. The van der Waals surface area contributed by atoms with Crippen LogP contribution in [0.25, 0.3) is 10.0 Å². The van der Waals surface area contributed by atoms with Crippen molar-refractivity contribution >= 4 is 28.6 Å². The van der Waals surface area contributed by atoms with Gasteiger partial charge in [-0.3, -0.25) is 0 Å². The zero-order valence-electron chi connectivity index (χ0n) is 12.1. The summed E-state index contributed by atoms with van der Waals surface area (Å²) in [7, 11) is 0. The Labute approximate surface area is 126 Å². The fourth-order valence-corrected chi connectivity index (χ4v) is 3.96. The van der Waals surface area contributed by atoms with Gasteiger partial charge in [0.15, 0.2) is 10.0 Å². The SMILES string of the molecule is CCOC(=O)c1sc(-c2nc(CC)c(C)s2)nc1CC. The van der Waals surface area contributed by atoms with Crippen LogP contribution in [-0.2, 0) is 17.6 Å². The van der Waals surface area contributed by atoms with E-state index in [1.54, 1.807) is 11.3 Å². The molecule has 0 aliphatic heterocycles. The number of esters is 1. The Balaban J connectivity index is 2.40. The fourth-order valence-electron chi connectivity index (χ4n) is 1.89. The predicted molar refractivity (Wildman–Crippen MR) is 82.7 cm³/mol. The normalized spacial score (nSPS) is 10.8. The van der Waals surface area contributed by atoms with Crippen LogP contribution in [0.2, 0.25) is 0 Å². The number of ether oxygens (including phenoxy) is 1. The number of nitrogens with zero attached hydrogens (tertiary/aromatic N) is 2. The van der Waals surface area contributed by atoms with Crippen LogP contribution in [0.1, 0.15) is 46.7 Å². The Hall–Kier alpha value is -1.27. The molecule has 0 N–H and O–H groups in total. The van der Waals surface area contributed by atoms with E-state index in [-0.39, 0.29) is 5.97 Å². The summed E-state index contributed by atoms with van der Waals surface area (Å²) < 4.78 is 5.08. The molecule has 2 heterocycles. The molecule has 0 unspecified atom stereocenters. The van der Waals surface area contributed by atoms with Crippen molar-refractivity contribution in [2.45, 2.75) is 40.5 Å². The largest absolute Gasteiger partial charge is 0.462 e. The molecule has 0 bridgehead atoms. The van der Waals surface area contributed by atoms with E-state index < -0.39 is 0 Å². The van der Waals surface area contributed by atoms with Gasteiger partial charge in [0.2, 0.25) is 0 Å². The lowest BCUT2D eigenvalue weighted by Crippen LogP contribution is -2.05. The molecule has 0 atom stereocenters. The quantitative estimate of drug-likeness (QED) is 0.787. The lowest BCUT2D eigenvalue weighted by Gasteiger charge is -1.99. The third-order valence-corrected chi connectivity index (χ3v) is 5.14. The van der Waals surface area contributed by atoms with Crippen LogP contribution in [0.3, 0.4) is 0 Å². The maximum absolute atomic E-state index is 11.9. The predicted octanol–water partition coefficient (Wildman–Crippen LogP) is 3.88. The first-order chi connectivity index (χ1) is 9.60. The number of aromatic nitrogens is 2. The number of thiazole rings is 2. The van der Waals surface area contributed by atoms with Gasteiger partial charge in [0.05, 0.1) is 18.0 Å². The second kappa shape index (κ2) is 6.45. The van der Waals surface area contributed by atoms with Crippen LogP contribution < -0.4 is 0 Å². The number of hydrogen-bond donors (Lipinski definition) is 0. The van der Waals surface area contributed by atoms with Gasteiger partial charge in [-0.1, -0.05) is 13.8 Å². The van der Waals surface area contributed by atoms with Crippen LogP contribution in [0.15, 0.2) is 0 Å². The number of hydrogen-bond acceptors (Lipinski definition) is 6. The minimum absolute atomic E-state index is 0.280. The third-order valence-electron chi connectivity index (χ3n) is 2.90. The summed E-state index contributed by atoms with van der Waals surface area (Å²) in [4.78, 5) is 22.9. The van der Waals surface area contributed by atoms with Gasteiger partial charge < -0.3 is 4.74 Å². The first kappa shape index (κ1) is 15.1. The van der Waals surface area contributed by atoms with Gasteiger partial charge in [0.25, 0.3) is 0 Å². The van der Waals surface area contributed by atoms with E-state index in [4.69, 9.17) is 4.74 Å². The minimum atomic E-state index is -0.280. The molecule has 2 rings (SSSR count). The van der Waals surface area contributed by atoms with Gasteiger partial charge in [-0.15, -0.1) is 22.7 Å². The highest BCUT2D eigenvalue weighted by atomic mass is 32.1. The van der Waals surface area contributed by atoms with Crippen LogP contribution in [-0.4, -0.2) is 22.5 Å². The fraction of sp³-hybridized carbons (Fsp3) is 0.500. The van der Waals surface area contributed by atoms with E-state index in [2.05, 4.69) is 23.8 Å². The molecule has 0 aliphatic rings. The smallest absolute Gasteiger partial charge is 0.350 e. The molecule has 6 heteroatoms. The summed E-state index contributed by atoms with van der Waals surface area (Å²) in [5, 5.41) is 1.72. The van der Waals surface area contributed by atoms with E-state index in [0.29, 0.717) is 11.5 Å². The molecular weight excluding hydrogens is 292 g/mol. The van der Waals surface area contributed by atoms with Crippen molar-refractivity contribution in [1.29, 1.82) is 0 Å². The average molecular weight is 310 g/mol. The molecule has 0 spiro atoms. The molecule has 0 saturated heterocycles. The molecule has 0 aliphatic carbocycles. The number of rotatable bonds is 5. The first-order valence-corrected chi connectivity index (χ1v) is 8.37. The van der Waals surface area contributed by atoms with Crippen molar-refractivity contribution < 1.29 is 9.53 Å².